The molecule has 0 saturated heterocycles. The average Bonchev–Trinajstić information content (AvgIpc) is 3.28. The summed E-state index contributed by atoms with van der Waals surface area (Å²) >= 11 is 0. The summed E-state index contributed by atoms with van der Waals surface area (Å²) in [5.74, 6) is -0.853. The molecule has 0 aliphatic heterocycles. The van der Waals surface area contributed by atoms with Crippen LogP contribution in [0.2, 0.25) is 0 Å². The summed E-state index contributed by atoms with van der Waals surface area (Å²) in [6.07, 6.45) is 59.1. The van der Waals surface area contributed by atoms with E-state index in [1.807, 2.05) is 0 Å². The van der Waals surface area contributed by atoms with Gasteiger partial charge in [-0.2, -0.15) is 0 Å². The number of rotatable bonds is 52. The van der Waals surface area contributed by atoms with Gasteiger partial charge in [0.05, 0.1) is 0 Å². The molecule has 0 rings (SSSR count). The quantitative estimate of drug-likeness (QED) is 0.0262. The largest absolute Gasteiger partial charge is 0.462 e. The van der Waals surface area contributed by atoms with Crippen LogP contribution in [0.25, 0.3) is 0 Å². The predicted octanol–water partition coefficient (Wildman–Crippen LogP) is 18.5. The van der Waals surface area contributed by atoms with Crippen LogP contribution in [0.4, 0.5) is 0 Å². The first-order valence-corrected chi connectivity index (χ1v) is 28.2. The number of allylic oxidation sites excluding steroid dienone is 2. The minimum absolute atomic E-state index is 0.0667. The van der Waals surface area contributed by atoms with Gasteiger partial charge in [0.15, 0.2) is 6.10 Å². The number of hydrogen-bond acceptors (Lipinski definition) is 6. The average molecular weight is 889 g/mol. The minimum Gasteiger partial charge on any atom is -0.462 e. The van der Waals surface area contributed by atoms with Crippen LogP contribution in [0.15, 0.2) is 12.2 Å². The van der Waals surface area contributed by atoms with Crippen molar-refractivity contribution in [2.45, 2.75) is 322 Å². The molecule has 6 heteroatoms. The van der Waals surface area contributed by atoms with Crippen molar-refractivity contribution < 1.29 is 28.6 Å². The Kier molecular flexibility index (Phi) is 51.2. The van der Waals surface area contributed by atoms with E-state index in [1.54, 1.807) is 0 Å². The lowest BCUT2D eigenvalue weighted by atomic mass is 10.0. The molecule has 0 saturated carbocycles. The van der Waals surface area contributed by atoms with E-state index in [2.05, 4.69) is 32.9 Å². The highest BCUT2D eigenvalue weighted by atomic mass is 16.6. The topological polar surface area (TPSA) is 78.9 Å². The fourth-order valence-corrected chi connectivity index (χ4v) is 8.50. The maximum Gasteiger partial charge on any atom is 0.306 e. The first-order valence-electron chi connectivity index (χ1n) is 28.2. The Morgan fingerprint density at radius 1 is 0.302 bits per heavy atom. The lowest BCUT2D eigenvalue weighted by molar-refractivity contribution is -0.167. The second-order valence-corrected chi connectivity index (χ2v) is 19.2. The molecule has 1 atom stereocenters. The summed E-state index contributed by atoms with van der Waals surface area (Å²) in [6, 6.07) is 0. The maximum absolute atomic E-state index is 12.8. The third kappa shape index (κ3) is 51.0. The number of unbranched alkanes of at least 4 members (excludes halogenated alkanes) is 39. The van der Waals surface area contributed by atoms with Gasteiger partial charge in [0.2, 0.25) is 0 Å². The van der Waals surface area contributed by atoms with Crippen molar-refractivity contribution in [3.8, 4) is 0 Å². The Bertz CT molecular complexity index is 978. The first kappa shape index (κ1) is 61.1. The van der Waals surface area contributed by atoms with E-state index < -0.39 is 6.10 Å². The maximum atomic E-state index is 12.8. The molecule has 1 unspecified atom stereocenters. The van der Waals surface area contributed by atoms with E-state index in [0.717, 1.165) is 64.2 Å². The van der Waals surface area contributed by atoms with E-state index in [-0.39, 0.29) is 31.1 Å². The minimum atomic E-state index is -0.767. The Balaban J connectivity index is 4.33. The van der Waals surface area contributed by atoms with Crippen molar-refractivity contribution >= 4 is 17.9 Å². The van der Waals surface area contributed by atoms with Crippen LogP contribution in [0.3, 0.4) is 0 Å². The van der Waals surface area contributed by atoms with Crippen LogP contribution in [0.1, 0.15) is 316 Å². The van der Waals surface area contributed by atoms with E-state index in [0.29, 0.717) is 19.3 Å². The zero-order chi connectivity index (χ0) is 45.8. The molecule has 0 fully saturated rings. The van der Waals surface area contributed by atoms with E-state index in [4.69, 9.17) is 14.2 Å². The van der Waals surface area contributed by atoms with Gasteiger partial charge in [0.1, 0.15) is 13.2 Å². The molecule has 0 aliphatic rings. The normalized spacial score (nSPS) is 12.0. The van der Waals surface area contributed by atoms with Crippen LogP contribution in [0, 0.1) is 0 Å². The van der Waals surface area contributed by atoms with Gasteiger partial charge in [-0.25, -0.2) is 0 Å². The third-order valence-electron chi connectivity index (χ3n) is 12.8. The molecular formula is C57H108O6. The Morgan fingerprint density at radius 3 is 0.794 bits per heavy atom. The molecule has 0 spiro atoms. The molecule has 0 heterocycles. The highest BCUT2D eigenvalue weighted by Gasteiger charge is 2.19. The second kappa shape index (κ2) is 52.8. The lowest BCUT2D eigenvalue weighted by Crippen LogP contribution is -2.30. The summed E-state index contributed by atoms with van der Waals surface area (Å²) in [5, 5.41) is 0. The molecule has 0 radical (unpaired) electrons. The fraction of sp³-hybridized carbons (Fsp3) is 0.912. The van der Waals surface area contributed by atoms with Gasteiger partial charge < -0.3 is 14.2 Å². The fourth-order valence-electron chi connectivity index (χ4n) is 8.50. The van der Waals surface area contributed by atoms with Crippen molar-refractivity contribution in [1.82, 2.24) is 0 Å². The second-order valence-electron chi connectivity index (χ2n) is 19.2. The summed E-state index contributed by atoms with van der Waals surface area (Å²) < 4.78 is 16.9. The molecule has 0 N–H and O–H groups in total. The van der Waals surface area contributed by atoms with Crippen molar-refractivity contribution in [3.05, 3.63) is 12.2 Å². The number of carbonyl (C=O) groups is 3. The number of hydrogen-bond donors (Lipinski definition) is 0. The van der Waals surface area contributed by atoms with Gasteiger partial charge in [-0.05, 0) is 44.9 Å². The zero-order valence-corrected chi connectivity index (χ0v) is 42.6. The Hall–Kier alpha value is -1.85. The molecule has 0 aromatic carbocycles. The SMILES string of the molecule is CCCCCCCCC/C=C\CCCCCCCC(=O)OCC(COC(=O)CCCCCCCCCCCCCCCC)OC(=O)CCCCCCCCCCCCCCCCC. The monoisotopic (exact) mass is 889 g/mol. The smallest absolute Gasteiger partial charge is 0.306 e. The van der Waals surface area contributed by atoms with E-state index >= 15 is 0 Å². The summed E-state index contributed by atoms with van der Waals surface area (Å²) in [5.41, 5.74) is 0. The van der Waals surface area contributed by atoms with Crippen LogP contribution in [-0.2, 0) is 28.6 Å². The summed E-state index contributed by atoms with van der Waals surface area (Å²) in [4.78, 5) is 38.1. The van der Waals surface area contributed by atoms with Crippen molar-refractivity contribution in [2.24, 2.45) is 0 Å². The molecular weight excluding hydrogens is 781 g/mol. The van der Waals surface area contributed by atoms with Crippen LogP contribution >= 0.6 is 0 Å². The van der Waals surface area contributed by atoms with Gasteiger partial charge in [-0.15, -0.1) is 0 Å². The lowest BCUT2D eigenvalue weighted by Gasteiger charge is -2.18. The third-order valence-corrected chi connectivity index (χ3v) is 12.8. The zero-order valence-electron chi connectivity index (χ0n) is 42.6. The molecule has 0 bridgehead atoms. The number of esters is 3. The van der Waals surface area contributed by atoms with Gasteiger partial charge in [0, 0.05) is 19.3 Å². The number of carbonyl (C=O) groups excluding carboxylic acids is 3. The van der Waals surface area contributed by atoms with Gasteiger partial charge in [0.25, 0.3) is 0 Å². The van der Waals surface area contributed by atoms with Gasteiger partial charge >= 0.3 is 17.9 Å². The van der Waals surface area contributed by atoms with E-state index in [9.17, 15) is 14.4 Å². The van der Waals surface area contributed by atoms with Crippen molar-refractivity contribution in [1.29, 1.82) is 0 Å². The van der Waals surface area contributed by atoms with Gasteiger partial charge in [-0.3, -0.25) is 14.4 Å². The molecule has 0 aromatic rings. The molecule has 0 aromatic heterocycles. The Morgan fingerprint density at radius 2 is 0.524 bits per heavy atom. The first-order chi connectivity index (χ1) is 31.0. The molecule has 63 heavy (non-hydrogen) atoms. The summed E-state index contributed by atoms with van der Waals surface area (Å²) in [7, 11) is 0. The predicted molar refractivity (Wildman–Crippen MR) is 270 cm³/mol. The molecule has 0 amide bonds. The standard InChI is InChI=1S/C57H108O6/c1-4-7-10-13-16-19-22-25-28-30-32-35-38-41-44-47-50-56(59)62-53-54(52-61-55(58)49-46-43-40-37-34-31-27-24-21-18-15-12-9-6-3)63-57(60)51-48-45-42-39-36-33-29-26-23-20-17-14-11-8-5-2/h28,30,54H,4-27,29,31-53H2,1-3H3/b30-28-. The molecule has 0 aliphatic carbocycles. The highest BCUT2D eigenvalue weighted by Crippen LogP contribution is 2.17. The summed E-state index contributed by atoms with van der Waals surface area (Å²) in [6.45, 7) is 6.68. The van der Waals surface area contributed by atoms with E-state index in [1.165, 1.54) is 212 Å². The highest BCUT2D eigenvalue weighted by molar-refractivity contribution is 5.71. The van der Waals surface area contributed by atoms with Crippen molar-refractivity contribution in [3.63, 3.8) is 0 Å². The molecule has 372 valence electrons. The molecule has 6 nitrogen and oxygen atoms in total. The Labute approximate surface area is 392 Å². The van der Waals surface area contributed by atoms with Crippen molar-refractivity contribution in [2.75, 3.05) is 13.2 Å². The number of ether oxygens (including phenoxy) is 3. The van der Waals surface area contributed by atoms with Crippen LogP contribution in [0.5, 0.6) is 0 Å². The van der Waals surface area contributed by atoms with Crippen LogP contribution in [-0.4, -0.2) is 37.2 Å². The van der Waals surface area contributed by atoms with Gasteiger partial charge in [-0.1, -0.05) is 264 Å². The van der Waals surface area contributed by atoms with Crippen LogP contribution < -0.4 is 0 Å².